The first kappa shape index (κ1) is 19.5. The third kappa shape index (κ3) is 4.54. The molecule has 0 bridgehead atoms. The molecule has 0 fully saturated rings. The molecule has 1 aromatic carbocycles. The maximum Gasteiger partial charge on any atom is 0.411 e. The monoisotopic (exact) mass is 380 g/mol. The standard InChI is InChI=1S/C21H24N4O3/c1-13-8-14(2)10-16(9-13)11-23-20(26)18-12-22-15(3)24-19(18)17-4-6-25(7-5-17)21(27)28/h4,6,8-10,12,17H,5,7,11H2,1-3H3,(H,23,26)(H,27,28). The van der Waals surface area contributed by atoms with E-state index in [1.165, 1.54) is 11.1 Å². The average molecular weight is 380 g/mol. The topological polar surface area (TPSA) is 95.4 Å². The molecule has 1 aromatic heterocycles. The molecule has 0 spiro atoms. The van der Waals surface area contributed by atoms with Crippen molar-refractivity contribution in [1.29, 1.82) is 0 Å². The molecular weight excluding hydrogens is 356 g/mol. The van der Waals surface area contributed by atoms with Gasteiger partial charge in [0.15, 0.2) is 0 Å². The molecule has 7 nitrogen and oxygen atoms in total. The fourth-order valence-electron chi connectivity index (χ4n) is 3.44. The van der Waals surface area contributed by atoms with Gasteiger partial charge in [-0.15, -0.1) is 0 Å². The second-order valence-electron chi connectivity index (χ2n) is 7.11. The zero-order valence-corrected chi connectivity index (χ0v) is 16.3. The second kappa shape index (κ2) is 8.21. The summed E-state index contributed by atoms with van der Waals surface area (Å²) < 4.78 is 0. The molecule has 0 saturated carbocycles. The number of carboxylic acid groups (broad SMARTS) is 1. The van der Waals surface area contributed by atoms with Crippen LogP contribution in [0.4, 0.5) is 4.79 Å². The van der Waals surface area contributed by atoms with Crippen LogP contribution in [0.15, 0.2) is 36.7 Å². The summed E-state index contributed by atoms with van der Waals surface area (Å²) in [6.45, 7) is 6.61. The highest BCUT2D eigenvalue weighted by molar-refractivity contribution is 5.95. The Balaban J connectivity index is 1.79. The zero-order chi connectivity index (χ0) is 20.3. The van der Waals surface area contributed by atoms with Crippen LogP contribution in [0.25, 0.3) is 0 Å². The van der Waals surface area contributed by atoms with E-state index in [0.717, 1.165) is 16.7 Å². The Morgan fingerprint density at radius 2 is 1.93 bits per heavy atom. The minimum absolute atomic E-state index is 0.126. The number of amides is 2. The van der Waals surface area contributed by atoms with Crippen molar-refractivity contribution in [2.45, 2.75) is 39.7 Å². The molecule has 2 N–H and O–H groups in total. The van der Waals surface area contributed by atoms with Gasteiger partial charge in [0.25, 0.3) is 5.91 Å². The lowest BCUT2D eigenvalue weighted by atomic mass is 9.94. The highest BCUT2D eigenvalue weighted by atomic mass is 16.4. The smallest absolute Gasteiger partial charge is 0.411 e. The van der Waals surface area contributed by atoms with Gasteiger partial charge in [0.05, 0.1) is 11.3 Å². The van der Waals surface area contributed by atoms with Crippen LogP contribution in [0.1, 0.15) is 50.9 Å². The quantitative estimate of drug-likeness (QED) is 0.848. The Bertz CT molecular complexity index is 919. The maximum atomic E-state index is 12.8. The Kier molecular flexibility index (Phi) is 5.73. The summed E-state index contributed by atoms with van der Waals surface area (Å²) in [5.74, 6) is 0.220. The lowest BCUT2D eigenvalue weighted by molar-refractivity contribution is 0.0948. The van der Waals surface area contributed by atoms with Gasteiger partial charge in [0.2, 0.25) is 0 Å². The van der Waals surface area contributed by atoms with Crippen LogP contribution in [0.3, 0.4) is 0 Å². The number of aryl methyl sites for hydroxylation is 3. The summed E-state index contributed by atoms with van der Waals surface area (Å²) in [6.07, 6.45) is 4.44. The van der Waals surface area contributed by atoms with Crippen molar-refractivity contribution in [3.05, 3.63) is 70.4 Å². The summed E-state index contributed by atoms with van der Waals surface area (Å²) in [5, 5.41) is 12.0. The lowest BCUT2D eigenvalue weighted by Crippen LogP contribution is -2.30. The van der Waals surface area contributed by atoms with Crippen molar-refractivity contribution in [3.63, 3.8) is 0 Å². The van der Waals surface area contributed by atoms with E-state index in [1.807, 2.05) is 26.0 Å². The molecule has 1 aliphatic heterocycles. The summed E-state index contributed by atoms with van der Waals surface area (Å²) >= 11 is 0. The highest BCUT2D eigenvalue weighted by Gasteiger charge is 2.24. The first-order chi connectivity index (χ1) is 13.3. The average Bonchev–Trinajstić information content (AvgIpc) is 2.65. The van der Waals surface area contributed by atoms with Crippen molar-refractivity contribution in [2.75, 3.05) is 6.54 Å². The predicted octanol–water partition coefficient (Wildman–Crippen LogP) is 3.31. The number of aromatic nitrogens is 2. The van der Waals surface area contributed by atoms with Gasteiger partial charge in [-0.2, -0.15) is 0 Å². The molecule has 28 heavy (non-hydrogen) atoms. The molecule has 1 aliphatic rings. The van der Waals surface area contributed by atoms with E-state index in [1.54, 1.807) is 19.2 Å². The van der Waals surface area contributed by atoms with Gasteiger partial charge in [-0.1, -0.05) is 35.4 Å². The number of benzene rings is 1. The van der Waals surface area contributed by atoms with Crippen LogP contribution < -0.4 is 5.32 Å². The van der Waals surface area contributed by atoms with Crippen molar-refractivity contribution in [1.82, 2.24) is 20.2 Å². The van der Waals surface area contributed by atoms with E-state index in [2.05, 4.69) is 21.4 Å². The number of nitrogens with one attached hydrogen (secondary N) is 1. The number of carbonyl (C=O) groups is 2. The van der Waals surface area contributed by atoms with E-state index in [4.69, 9.17) is 5.11 Å². The fraction of sp³-hybridized carbons (Fsp3) is 0.333. The maximum absolute atomic E-state index is 12.8. The highest BCUT2D eigenvalue weighted by Crippen LogP contribution is 2.26. The van der Waals surface area contributed by atoms with Gasteiger partial charge in [-0.05, 0) is 32.8 Å². The number of hydrogen-bond acceptors (Lipinski definition) is 4. The third-order valence-corrected chi connectivity index (χ3v) is 4.69. The molecule has 2 amide bonds. The predicted molar refractivity (Wildman–Crippen MR) is 105 cm³/mol. The Morgan fingerprint density at radius 1 is 1.21 bits per heavy atom. The number of rotatable bonds is 4. The molecule has 3 rings (SSSR count). The van der Waals surface area contributed by atoms with E-state index in [9.17, 15) is 9.59 Å². The number of nitrogens with zero attached hydrogens (tertiary/aromatic N) is 3. The molecule has 2 aromatic rings. The zero-order valence-electron chi connectivity index (χ0n) is 16.3. The van der Waals surface area contributed by atoms with E-state index >= 15 is 0 Å². The third-order valence-electron chi connectivity index (χ3n) is 4.69. The van der Waals surface area contributed by atoms with Gasteiger partial charge >= 0.3 is 6.09 Å². The Hall–Kier alpha value is -3.22. The van der Waals surface area contributed by atoms with Crippen LogP contribution >= 0.6 is 0 Å². The van der Waals surface area contributed by atoms with Crippen LogP contribution in [0, 0.1) is 20.8 Å². The van der Waals surface area contributed by atoms with Gasteiger partial charge < -0.3 is 10.4 Å². The normalized spacial score (nSPS) is 16.1. The van der Waals surface area contributed by atoms with Crippen LogP contribution in [-0.2, 0) is 6.54 Å². The Morgan fingerprint density at radius 3 is 2.54 bits per heavy atom. The second-order valence-corrected chi connectivity index (χ2v) is 7.11. The van der Waals surface area contributed by atoms with Gasteiger partial charge in [-0.3, -0.25) is 9.69 Å². The van der Waals surface area contributed by atoms with Crippen molar-refractivity contribution in [3.8, 4) is 0 Å². The molecule has 0 aliphatic carbocycles. The van der Waals surface area contributed by atoms with E-state index in [0.29, 0.717) is 36.6 Å². The first-order valence-corrected chi connectivity index (χ1v) is 9.20. The Labute approximate surface area is 164 Å². The summed E-state index contributed by atoms with van der Waals surface area (Å²) in [6, 6.07) is 6.18. The first-order valence-electron chi connectivity index (χ1n) is 9.20. The summed E-state index contributed by atoms with van der Waals surface area (Å²) in [5.41, 5.74) is 4.40. The van der Waals surface area contributed by atoms with Crippen LogP contribution in [0.2, 0.25) is 0 Å². The largest absolute Gasteiger partial charge is 0.465 e. The van der Waals surface area contributed by atoms with Gasteiger partial charge in [0.1, 0.15) is 5.82 Å². The van der Waals surface area contributed by atoms with Gasteiger partial charge in [0, 0.05) is 31.4 Å². The molecule has 1 atom stereocenters. The van der Waals surface area contributed by atoms with Gasteiger partial charge in [-0.25, -0.2) is 14.8 Å². The van der Waals surface area contributed by atoms with Crippen LogP contribution in [-0.4, -0.2) is 38.5 Å². The van der Waals surface area contributed by atoms with Crippen molar-refractivity contribution < 1.29 is 14.7 Å². The number of hydrogen-bond donors (Lipinski definition) is 2. The summed E-state index contributed by atoms with van der Waals surface area (Å²) in [7, 11) is 0. The van der Waals surface area contributed by atoms with E-state index < -0.39 is 6.09 Å². The minimum atomic E-state index is -0.986. The summed E-state index contributed by atoms with van der Waals surface area (Å²) in [4.78, 5) is 33.8. The fourth-order valence-corrected chi connectivity index (χ4v) is 3.44. The molecule has 1 unspecified atom stereocenters. The molecule has 0 radical (unpaired) electrons. The van der Waals surface area contributed by atoms with E-state index in [-0.39, 0.29) is 11.8 Å². The SMILES string of the molecule is Cc1cc(C)cc(CNC(=O)c2cnc(C)nc2C2C=CN(C(=O)O)CC2)c1. The lowest BCUT2D eigenvalue weighted by Gasteiger charge is -2.24. The van der Waals surface area contributed by atoms with Crippen molar-refractivity contribution in [2.24, 2.45) is 0 Å². The molecule has 146 valence electrons. The number of allylic oxidation sites excluding steroid dienone is 1. The molecule has 0 saturated heterocycles. The molecule has 2 heterocycles. The number of carbonyl (C=O) groups excluding carboxylic acids is 1. The van der Waals surface area contributed by atoms with Crippen molar-refractivity contribution >= 4 is 12.0 Å². The molecular formula is C21H24N4O3. The molecule has 7 heteroatoms. The van der Waals surface area contributed by atoms with Crippen LogP contribution in [0.5, 0.6) is 0 Å². The minimum Gasteiger partial charge on any atom is -0.465 e.